The van der Waals surface area contributed by atoms with Crippen LogP contribution in [-0.4, -0.2) is 11.7 Å². The molecule has 0 heterocycles. The highest BCUT2D eigenvalue weighted by Crippen LogP contribution is 2.30. The third-order valence-electron chi connectivity index (χ3n) is 3.39. The Morgan fingerprint density at radius 3 is 2.40 bits per heavy atom. The van der Waals surface area contributed by atoms with Gasteiger partial charge < -0.3 is 10.0 Å². The molecule has 0 aliphatic rings. The summed E-state index contributed by atoms with van der Waals surface area (Å²) in [4.78, 5) is 2.23. The maximum absolute atomic E-state index is 9.60. The van der Waals surface area contributed by atoms with Crippen LogP contribution in [0.15, 0.2) is 48.5 Å². The quantitative estimate of drug-likeness (QED) is 0.881. The molecule has 0 unspecified atom stereocenters. The Labute approximate surface area is 125 Å². The van der Waals surface area contributed by atoms with E-state index in [0.717, 1.165) is 24.3 Å². The third-order valence-corrected chi connectivity index (χ3v) is 3.70. The summed E-state index contributed by atoms with van der Waals surface area (Å²) in [5.74, 6) is 0. The predicted molar refractivity (Wildman–Crippen MR) is 85.3 cm³/mol. The first-order valence-electron chi connectivity index (χ1n) is 6.88. The molecule has 0 radical (unpaired) electrons. The first-order valence-corrected chi connectivity index (χ1v) is 7.26. The minimum Gasteiger partial charge on any atom is -0.389 e. The molecule has 3 heteroatoms. The second-order valence-electron chi connectivity index (χ2n) is 4.89. The molecule has 106 valence electrons. The van der Waals surface area contributed by atoms with E-state index in [1.807, 2.05) is 36.4 Å². The van der Waals surface area contributed by atoms with Crippen molar-refractivity contribution in [1.29, 1.82) is 0 Å². The maximum Gasteiger partial charge on any atom is 0.0762 e. The molecule has 0 aromatic heterocycles. The maximum atomic E-state index is 9.60. The van der Waals surface area contributed by atoms with Crippen molar-refractivity contribution < 1.29 is 5.11 Å². The smallest absolute Gasteiger partial charge is 0.0762 e. The molecule has 0 bridgehead atoms. The first-order chi connectivity index (χ1) is 9.61. The average molecular weight is 290 g/mol. The fourth-order valence-electron chi connectivity index (χ4n) is 2.21. The molecule has 2 aromatic rings. The van der Waals surface area contributed by atoms with Gasteiger partial charge in [-0.3, -0.25) is 0 Å². The van der Waals surface area contributed by atoms with Crippen LogP contribution >= 0.6 is 11.6 Å². The summed E-state index contributed by atoms with van der Waals surface area (Å²) in [5.41, 5.74) is 3.10. The van der Waals surface area contributed by atoms with Crippen molar-refractivity contribution in [2.45, 2.75) is 26.5 Å². The SMILES string of the molecule is CCN(Cc1ccccc1)c1ccc([C@H](C)O)cc1Cl. The minimum atomic E-state index is -0.495. The van der Waals surface area contributed by atoms with Crippen LogP contribution in [0.1, 0.15) is 31.1 Å². The number of halogens is 1. The second kappa shape index (κ2) is 6.78. The number of rotatable bonds is 5. The first kappa shape index (κ1) is 14.9. The zero-order valence-corrected chi connectivity index (χ0v) is 12.6. The molecule has 0 aliphatic carbocycles. The summed E-state index contributed by atoms with van der Waals surface area (Å²) in [7, 11) is 0. The van der Waals surface area contributed by atoms with Crippen LogP contribution in [0.4, 0.5) is 5.69 Å². The summed E-state index contributed by atoms with van der Waals surface area (Å²) in [6.07, 6.45) is -0.495. The number of aliphatic hydroxyl groups is 1. The summed E-state index contributed by atoms with van der Waals surface area (Å²) >= 11 is 6.36. The summed E-state index contributed by atoms with van der Waals surface area (Å²) in [6, 6.07) is 16.1. The van der Waals surface area contributed by atoms with E-state index < -0.39 is 6.10 Å². The Bertz CT molecular complexity index is 554. The summed E-state index contributed by atoms with van der Waals surface area (Å²) in [6.45, 7) is 5.56. The van der Waals surface area contributed by atoms with E-state index in [9.17, 15) is 5.11 Å². The lowest BCUT2D eigenvalue weighted by molar-refractivity contribution is 0.199. The Morgan fingerprint density at radius 2 is 1.85 bits per heavy atom. The Hall–Kier alpha value is -1.51. The molecule has 2 aromatic carbocycles. The fraction of sp³-hybridized carbons (Fsp3) is 0.294. The molecule has 20 heavy (non-hydrogen) atoms. The van der Waals surface area contributed by atoms with Crippen molar-refractivity contribution in [3.8, 4) is 0 Å². The summed E-state index contributed by atoms with van der Waals surface area (Å²) in [5, 5.41) is 10.3. The molecule has 1 N–H and O–H groups in total. The molecule has 0 aliphatic heterocycles. The lowest BCUT2D eigenvalue weighted by Crippen LogP contribution is -2.22. The monoisotopic (exact) mass is 289 g/mol. The van der Waals surface area contributed by atoms with Crippen molar-refractivity contribution in [1.82, 2.24) is 0 Å². The highest BCUT2D eigenvalue weighted by molar-refractivity contribution is 6.33. The van der Waals surface area contributed by atoms with Crippen LogP contribution in [0.2, 0.25) is 5.02 Å². The normalized spacial score (nSPS) is 12.2. The van der Waals surface area contributed by atoms with Gasteiger partial charge in [0.25, 0.3) is 0 Å². The molecule has 0 fully saturated rings. The number of aliphatic hydroxyl groups excluding tert-OH is 1. The van der Waals surface area contributed by atoms with Crippen LogP contribution in [0.25, 0.3) is 0 Å². The van der Waals surface area contributed by atoms with E-state index in [-0.39, 0.29) is 0 Å². The minimum absolute atomic E-state index is 0.495. The van der Waals surface area contributed by atoms with Crippen molar-refractivity contribution in [2.24, 2.45) is 0 Å². The Balaban J connectivity index is 2.23. The Morgan fingerprint density at radius 1 is 1.15 bits per heavy atom. The van der Waals surface area contributed by atoms with E-state index in [1.165, 1.54) is 5.56 Å². The van der Waals surface area contributed by atoms with Crippen LogP contribution < -0.4 is 4.90 Å². The van der Waals surface area contributed by atoms with Gasteiger partial charge in [0, 0.05) is 13.1 Å². The lowest BCUT2D eigenvalue weighted by Gasteiger charge is -2.25. The second-order valence-corrected chi connectivity index (χ2v) is 5.29. The standard InChI is InChI=1S/C17H20ClNO/c1-3-19(12-14-7-5-4-6-8-14)17-10-9-15(13(2)20)11-16(17)18/h4-11,13,20H,3,12H2,1-2H3/t13-/m0/s1. The number of anilines is 1. The molecular weight excluding hydrogens is 270 g/mol. The zero-order valence-electron chi connectivity index (χ0n) is 11.9. The van der Waals surface area contributed by atoms with Gasteiger partial charge in [0.15, 0.2) is 0 Å². The van der Waals surface area contributed by atoms with Gasteiger partial charge in [0.2, 0.25) is 0 Å². The average Bonchev–Trinajstić information content (AvgIpc) is 2.46. The number of hydrogen-bond donors (Lipinski definition) is 1. The van der Waals surface area contributed by atoms with Gasteiger partial charge >= 0.3 is 0 Å². The van der Waals surface area contributed by atoms with Gasteiger partial charge in [-0.2, -0.15) is 0 Å². The van der Waals surface area contributed by atoms with Crippen molar-refractivity contribution >= 4 is 17.3 Å². The Kier molecular flexibility index (Phi) is 5.05. The molecule has 1 atom stereocenters. The highest BCUT2D eigenvalue weighted by atomic mass is 35.5. The van der Waals surface area contributed by atoms with E-state index >= 15 is 0 Å². The topological polar surface area (TPSA) is 23.5 Å². The summed E-state index contributed by atoms with van der Waals surface area (Å²) < 4.78 is 0. The van der Waals surface area contributed by atoms with Gasteiger partial charge in [-0.25, -0.2) is 0 Å². The number of nitrogens with zero attached hydrogens (tertiary/aromatic N) is 1. The van der Waals surface area contributed by atoms with Gasteiger partial charge in [0.05, 0.1) is 16.8 Å². The largest absolute Gasteiger partial charge is 0.389 e. The van der Waals surface area contributed by atoms with Crippen LogP contribution in [0.3, 0.4) is 0 Å². The molecule has 2 nitrogen and oxygen atoms in total. The number of hydrogen-bond acceptors (Lipinski definition) is 2. The molecule has 0 amide bonds. The van der Waals surface area contributed by atoms with Gasteiger partial charge in [-0.15, -0.1) is 0 Å². The van der Waals surface area contributed by atoms with Crippen molar-refractivity contribution in [3.63, 3.8) is 0 Å². The van der Waals surface area contributed by atoms with E-state index in [2.05, 4.69) is 24.0 Å². The molecule has 2 rings (SSSR count). The van der Waals surface area contributed by atoms with Crippen molar-refractivity contribution in [3.05, 3.63) is 64.7 Å². The van der Waals surface area contributed by atoms with Gasteiger partial charge in [-0.05, 0) is 37.1 Å². The molecule has 0 saturated carbocycles. The van der Waals surface area contributed by atoms with E-state index in [4.69, 9.17) is 11.6 Å². The lowest BCUT2D eigenvalue weighted by atomic mass is 10.1. The number of benzene rings is 2. The van der Waals surface area contributed by atoms with Gasteiger partial charge in [0.1, 0.15) is 0 Å². The highest BCUT2D eigenvalue weighted by Gasteiger charge is 2.11. The van der Waals surface area contributed by atoms with Gasteiger partial charge in [-0.1, -0.05) is 48.0 Å². The fourth-order valence-corrected chi connectivity index (χ4v) is 2.52. The van der Waals surface area contributed by atoms with E-state index in [1.54, 1.807) is 6.92 Å². The third kappa shape index (κ3) is 3.53. The van der Waals surface area contributed by atoms with Crippen LogP contribution in [0, 0.1) is 0 Å². The molecular formula is C17H20ClNO. The molecule has 0 spiro atoms. The predicted octanol–water partition coefficient (Wildman–Crippen LogP) is 4.42. The van der Waals surface area contributed by atoms with Crippen LogP contribution in [-0.2, 0) is 6.54 Å². The van der Waals surface area contributed by atoms with Crippen molar-refractivity contribution in [2.75, 3.05) is 11.4 Å². The zero-order chi connectivity index (χ0) is 14.5. The molecule has 0 saturated heterocycles. The van der Waals surface area contributed by atoms with Crippen LogP contribution in [0.5, 0.6) is 0 Å². The van der Waals surface area contributed by atoms with E-state index in [0.29, 0.717) is 5.02 Å².